The molecular weight excluding hydrogens is 268 g/mol. The second-order valence-electron chi connectivity index (χ2n) is 6.10. The lowest BCUT2D eigenvalue weighted by Gasteiger charge is -2.24. The SMILES string of the molecule is CNC(CCN(C)CC1CCCC1)c1cccc(Cl)c1. The zero-order valence-electron chi connectivity index (χ0n) is 12.7. The van der Waals surface area contributed by atoms with Crippen LogP contribution in [0.1, 0.15) is 43.7 Å². The van der Waals surface area contributed by atoms with Crippen LogP contribution in [-0.2, 0) is 0 Å². The highest BCUT2D eigenvalue weighted by molar-refractivity contribution is 6.30. The monoisotopic (exact) mass is 294 g/mol. The van der Waals surface area contributed by atoms with E-state index >= 15 is 0 Å². The molecule has 0 amide bonds. The van der Waals surface area contributed by atoms with Gasteiger partial charge < -0.3 is 10.2 Å². The van der Waals surface area contributed by atoms with Crippen molar-refractivity contribution < 1.29 is 0 Å². The van der Waals surface area contributed by atoms with Gasteiger partial charge in [0.2, 0.25) is 0 Å². The molecule has 1 saturated carbocycles. The van der Waals surface area contributed by atoms with E-state index in [1.54, 1.807) is 0 Å². The standard InChI is InChI=1S/C17H27ClN2/c1-19-17(15-8-5-9-16(18)12-15)10-11-20(2)13-14-6-3-4-7-14/h5,8-9,12,14,17,19H,3-4,6-7,10-11,13H2,1-2H3. The molecule has 1 aromatic rings. The smallest absolute Gasteiger partial charge is 0.0409 e. The van der Waals surface area contributed by atoms with Crippen LogP contribution in [0.5, 0.6) is 0 Å². The van der Waals surface area contributed by atoms with E-state index in [4.69, 9.17) is 11.6 Å². The minimum Gasteiger partial charge on any atom is -0.313 e. The number of hydrogen-bond acceptors (Lipinski definition) is 2. The second kappa shape index (κ2) is 8.02. The molecule has 1 aliphatic carbocycles. The van der Waals surface area contributed by atoms with Crippen LogP contribution in [-0.4, -0.2) is 32.1 Å². The molecule has 1 aromatic carbocycles. The fourth-order valence-electron chi connectivity index (χ4n) is 3.28. The summed E-state index contributed by atoms with van der Waals surface area (Å²) >= 11 is 6.08. The summed E-state index contributed by atoms with van der Waals surface area (Å²) in [5.74, 6) is 0.930. The largest absolute Gasteiger partial charge is 0.313 e. The van der Waals surface area contributed by atoms with E-state index in [0.29, 0.717) is 6.04 Å². The van der Waals surface area contributed by atoms with Crippen LogP contribution >= 0.6 is 11.6 Å². The maximum Gasteiger partial charge on any atom is 0.0409 e. The van der Waals surface area contributed by atoms with Gasteiger partial charge in [-0.3, -0.25) is 0 Å². The summed E-state index contributed by atoms with van der Waals surface area (Å²) in [4.78, 5) is 2.49. The molecule has 20 heavy (non-hydrogen) atoms. The van der Waals surface area contributed by atoms with Crippen LogP contribution in [0.15, 0.2) is 24.3 Å². The Balaban J connectivity index is 1.80. The summed E-state index contributed by atoms with van der Waals surface area (Å²) < 4.78 is 0. The van der Waals surface area contributed by atoms with Crippen LogP contribution < -0.4 is 5.32 Å². The maximum absolute atomic E-state index is 6.08. The van der Waals surface area contributed by atoms with Gasteiger partial charge in [-0.2, -0.15) is 0 Å². The molecule has 1 unspecified atom stereocenters. The molecule has 112 valence electrons. The Bertz CT molecular complexity index is 402. The highest BCUT2D eigenvalue weighted by Gasteiger charge is 2.17. The van der Waals surface area contributed by atoms with E-state index in [0.717, 1.165) is 23.9 Å². The van der Waals surface area contributed by atoms with Gasteiger partial charge in [-0.05, 0) is 63.5 Å². The van der Waals surface area contributed by atoms with E-state index in [9.17, 15) is 0 Å². The molecule has 0 saturated heterocycles. The molecule has 1 N–H and O–H groups in total. The summed E-state index contributed by atoms with van der Waals surface area (Å²) in [6, 6.07) is 8.58. The van der Waals surface area contributed by atoms with Crippen molar-refractivity contribution in [3.8, 4) is 0 Å². The van der Waals surface area contributed by atoms with Crippen molar-refractivity contribution >= 4 is 11.6 Å². The third-order valence-electron chi connectivity index (χ3n) is 4.44. The fourth-order valence-corrected chi connectivity index (χ4v) is 3.47. The van der Waals surface area contributed by atoms with Crippen LogP contribution in [0.4, 0.5) is 0 Å². The van der Waals surface area contributed by atoms with Crippen LogP contribution in [0.3, 0.4) is 0 Å². The van der Waals surface area contributed by atoms with Gasteiger partial charge in [0.15, 0.2) is 0 Å². The van der Waals surface area contributed by atoms with Crippen LogP contribution in [0.25, 0.3) is 0 Å². The third kappa shape index (κ3) is 4.76. The minimum absolute atomic E-state index is 0.389. The fraction of sp³-hybridized carbons (Fsp3) is 0.647. The topological polar surface area (TPSA) is 15.3 Å². The Morgan fingerprint density at radius 1 is 1.35 bits per heavy atom. The number of halogens is 1. The number of hydrogen-bond donors (Lipinski definition) is 1. The van der Waals surface area contributed by atoms with Gasteiger partial charge in [-0.1, -0.05) is 36.6 Å². The van der Waals surface area contributed by atoms with Gasteiger partial charge in [-0.15, -0.1) is 0 Å². The quantitative estimate of drug-likeness (QED) is 0.814. The first kappa shape index (κ1) is 15.8. The molecule has 0 radical (unpaired) electrons. The first-order chi connectivity index (χ1) is 9.69. The lowest BCUT2D eigenvalue weighted by molar-refractivity contribution is 0.264. The van der Waals surface area contributed by atoms with Crippen LogP contribution in [0, 0.1) is 5.92 Å². The van der Waals surface area contributed by atoms with Gasteiger partial charge in [-0.25, -0.2) is 0 Å². The minimum atomic E-state index is 0.389. The van der Waals surface area contributed by atoms with Crippen LogP contribution in [0.2, 0.25) is 5.02 Å². The third-order valence-corrected chi connectivity index (χ3v) is 4.68. The average Bonchev–Trinajstić information content (AvgIpc) is 2.92. The maximum atomic E-state index is 6.08. The van der Waals surface area contributed by atoms with E-state index in [1.807, 2.05) is 19.2 Å². The zero-order valence-corrected chi connectivity index (χ0v) is 13.5. The number of rotatable bonds is 7. The average molecular weight is 295 g/mol. The van der Waals surface area contributed by atoms with Crippen molar-refractivity contribution in [2.24, 2.45) is 5.92 Å². The van der Waals surface area contributed by atoms with E-state index in [2.05, 4.69) is 29.4 Å². The Hall–Kier alpha value is -0.570. The summed E-state index contributed by atoms with van der Waals surface area (Å²) in [6.07, 6.45) is 6.84. The van der Waals surface area contributed by atoms with Crippen molar-refractivity contribution in [1.29, 1.82) is 0 Å². The summed E-state index contributed by atoms with van der Waals surface area (Å²) in [6.45, 7) is 2.39. The number of benzene rings is 1. The molecule has 0 spiro atoms. The zero-order chi connectivity index (χ0) is 14.4. The van der Waals surface area contributed by atoms with Crippen molar-refractivity contribution in [3.63, 3.8) is 0 Å². The summed E-state index contributed by atoms with van der Waals surface area (Å²) in [5, 5.41) is 4.23. The molecule has 1 atom stereocenters. The molecule has 0 heterocycles. The molecule has 0 bridgehead atoms. The van der Waals surface area contributed by atoms with E-state index in [-0.39, 0.29) is 0 Å². The number of nitrogens with one attached hydrogen (secondary N) is 1. The lowest BCUT2D eigenvalue weighted by atomic mass is 10.0. The molecule has 3 heteroatoms. The van der Waals surface area contributed by atoms with Crippen molar-refractivity contribution in [2.45, 2.75) is 38.1 Å². The summed E-state index contributed by atoms with van der Waals surface area (Å²) in [7, 11) is 4.28. The van der Waals surface area contributed by atoms with Gasteiger partial charge >= 0.3 is 0 Å². The van der Waals surface area contributed by atoms with Crippen molar-refractivity contribution in [2.75, 3.05) is 27.2 Å². The second-order valence-corrected chi connectivity index (χ2v) is 6.53. The molecule has 2 nitrogen and oxygen atoms in total. The number of nitrogens with zero attached hydrogens (tertiary/aromatic N) is 1. The molecule has 2 rings (SSSR count). The lowest BCUT2D eigenvalue weighted by Crippen LogP contribution is -2.29. The first-order valence-corrected chi connectivity index (χ1v) is 8.18. The Morgan fingerprint density at radius 3 is 2.75 bits per heavy atom. The predicted molar refractivity (Wildman–Crippen MR) is 87.3 cm³/mol. The molecule has 0 aliphatic heterocycles. The molecule has 1 fully saturated rings. The van der Waals surface area contributed by atoms with Crippen molar-refractivity contribution in [3.05, 3.63) is 34.9 Å². The van der Waals surface area contributed by atoms with E-state index in [1.165, 1.54) is 37.8 Å². The Kier molecular flexibility index (Phi) is 6.34. The highest BCUT2D eigenvalue weighted by Crippen LogP contribution is 2.26. The predicted octanol–water partition coefficient (Wildman–Crippen LogP) is 4.11. The van der Waals surface area contributed by atoms with Crippen molar-refractivity contribution in [1.82, 2.24) is 10.2 Å². The van der Waals surface area contributed by atoms with Gasteiger partial charge in [0.25, 0.3) is 0 Å². The van der Waals surface area contributed by atoms with Gasteiger partial charge in [0, 0.05) is 17.6 Å². The first-order valence-electron chi connectivity index (χ1n) is 7.80. The molecular formula is C17H27ClN2. The van der Waals surface area contributed by atoms with Gasteiger partial charge in [0.1, 0.15) is 0 Å². The van der Waals surface area contributed by atoms with Gasteiger partial charge in [0.05, 0.1) is 0 Å². The molecule has 1 aliphatic rings. The normalized spacial score (nSPS) is 17.8. The molecule has 0 aromatic heterocycles. The van der Waals surface area contributed by atoms with E-state index < -0.39 is 0 Å². The summed E-state index contributed by atoms with van der Waals surface area (Å²) in [5.41, 5.74) is 1.29. The Labute approximate surface area is 128 Å². The highest BCUT2D eigenvalue weighted by atomic mass is 35.5. The Morgan fingerprint density at radius 2 is 2.10 bits per heavy atom.